The molecular formula is C12H15NO. The first kappa shape index (κ1) is 12.2. The van der Waals surface area contributed by atoms with Crippen molar-refractivity contribution in [3.63, 3.8) is 0 Å². The van der Waals surface area contributed by atoms with Crippen LogP contribution in [0.3, 0.4) is 0 Å². The number of hydrogen-bond donors (Lipinski definition) is 1. The van der Waals surface area contributed by atoms with Crippen molar-refractivity contribution in [2.24, 2.45) is 5.73 Å². The van der Waals surface area contributed by atoms with E-state index in [1.165, 1.54) is 0 Å². The van der Waals surface area contributed by atoms with E-state index in [1.54, 1.807) is 12.2 Å². The predicted molar refractivity (Wildman–Crippen MR) is 59.3 cm³/mol. The van der Waals surface area contributed by atoms with E-state index in [-0.39, 0.29) is 5.70 Å². The fraction of sp³-hybridized carbons (Fsp3) is 0.250. The number of rotatable bonds is 3. The van der Waals surface area contributed by atoms with E-state index in [0.29, 0.717) is 6.29 Å². The van der Waals surface area contributed by atoms with Crippen LogP contribution in [0.5, 0.6) is 0 Å². The lowest BCUT2D eigenvalue weighted by atomic mass is 10.2. The molecule has 0 unspecified atom stereocenters. The summed E-state index contributed by atoms with van der Waals surface area (Å²) in [6.07, 6.45) is 8.48. The summed E-state index contributed by atoms with van der Waals surface area (Å²) in [5, 5.41) is 0. The van der Waals surface area contributed by atoms with Gasteiger partial charge in [0.25, 0.3) is 0 Å². The van der Waals surface area contributed by atoms with Crippen molar-refractivity contribution in [3.8, 4) is 11.8 Å². The summed E-state index contributed by atoms with van der Waals surface area (Å²) in [4.78, 5) is 10.3. The Hall–Kier alpha value is -1.75. The zero-order chi connectivity index (χ0) is 10.8. The van der Waals surface area contributed by atoms with Gasteiger partial charge in [-0.1, -0.05) is 30.9 Å². The molecule has 2 nitrogen and oxygen atoms in total. The molecule has 0 bridgehead atoms. The number of carbonyl (C=O) groups is 1. The first-order valence-corrected chi connectivity index (χ1v) is 4.48. The van der Waals surface area contributed by atoms with Gasteiger partial charge in [-0.3, -0.25) is 4.79 Å². The van der Waals surface area contributed by atoms with Crippen LogP contribution in [-0.2, 0) is 4.79 Å². The number of aldehydes is 1. The second kappa shape index (κ2) is 7.88. The van der Waals surface area contributed by atoms with Crippen molar-refractivity contribution in [1.82, 2.24) is 0 Å². The fourth-order valence-electron chi connectivity index (χ4n) is 0.793. The van der Waals surface area contributed by atoms with Crippen molar-refractivity contribution in [2.75, 3.05) is 0 Å². The van der Waals surface area contributed by atoms with E-state index >= 15 is 0 Å². The number of carbonyl (C=O) groups excluding carboxylic acids is 1. The number of nitrogens with two attached hydrogens (primary N) is 1. The molecule has 2 heteroatoms. The minimum absolute atomic E-state index is 0.202. The maximum atomic E-state index is 10.3. The smallest absolute Gasteiger partial charge is 0.165 e. The lowest BCUT2D eigenvalue weighted by Crippen LogP contribution is -1.97. The van der Waals surface area contributed by atoms with Crippen molar-refractivity contribution in [1.29, 1.82) is 0 Å². The maximum Gasteiger partial charge on any atom is 0.165 e. The van der Waals surface area contributed by atoms with Gasteiger partial charge in [0.1, 0.15) is 0 Å². The van der Waals surface area contributed by atoms with Gasteiger partial charge in [-0.25, -0.2) is 0 Å². The highest BCUT2D eigenvalue weighted by Crippen LogP contribution is 2.00. The Morgan fingerprint density at radius 3 is 2.71 bits per heavy atom. The molecule has 0 spiro atoms. The Morgan fingerprint density at radius 2 is 2.21 bits per heavy atom. The molecule has 74 valence electrons. The topological polar surface area (TPSA) is 43.1 Å². The molecule has 0 fully saturated rings. The van der Waals surface area contributed by atoms with Gasteiger partial charge in [-0.15, -0.1) is 0 Å². The van der Waals surface area contributed by atoms with Gasteiger partial charge in [0.2, 0.25) is 0 Å². The molecule has 0 aliphatic carbocycles. The Kier molecular flexibility index (Phi) is 6.89. The van der Waals surface area contributed by atoms with Gasteiger partial charge in [0.15, 0.2) is 6.29 Å². The van der Waals surface area contributed by atoms with Crippen molar-refractivity contribution in [3.05, 3.63) is 35.6 Å². The van der Waals surface area contributed by atoms with E-state index in [9.17, 15) is 4.79 Å². The zero-order valence-corrected chi connectivity index (χ0v) is 8.58. The summed E-state index contributed by atoms with van der Waals surface area (Å²) in [5.74, 6) is 5.78. The summed E-state index contributed by atoms with van der Waals surface area (Å²) in [6.45, 7) is 3.87. The van der Waals surface area contributed by atoms with Gasteiger partial charge in [0, 0.05) is 6.42 Å². The van der Waals surface area contributed by atoms with E-state index in [4.69, 9.17) is 5.73 Å². The van der Waals surface area contributed by atoms with E-state index in [0.717, 1.165) is 12.0 Å². The molecule has 0 radical (unpaired) electrons. The Morgan fingerprint density at radius 1 is 1.50 bits per heavy atom. The molecule has 0 atom stereocenters. The standard InChI is InChI=1S/C12H15NO/c1-3-5-6-8-11(7-4-2)9-12(13)10-14/h4,7-10H,3,13H2,1-2H3/b7-4-,11-8+,12-9-. The fourth-order valence-corrected chi connectivity index (χ4v) is 0.793. The first-order valence-electron chi connectivity index (χ1n) is 4.48. The second-order valence-corrected chi connectivity index (χ2v) is 2.58. The molecule has 0 saturated heterocycles. The molecule has 0 aromatic carbocycles. The molecule has 14 heavy (non-hydrogen) atoms. The molecule has 0 aliphatic rings. The third-order valence-electron chi connectivity index (χ3n) is 1.35. The molecule has 0 amide bonds. The van der Waals surface area contributed by atoms with Crippen LogP contribution >= 0.6 is 0 Å². The highest BCUT2D eigenvalue weighted by Gasteiger charge is 1.88. The summed E-state index contributed by atoms with van der Waals surface area (Å²) >= 11 is 0. The SMILES string of the molecule is C\C=C/C(/C=C(\N)C=O)=C\C#CCC. The third kappa shape index (κ3) is 5.84. The first-order chi connectivity index (χ1) is 6.74. The van der Waals surface area contributed by atoms with Crippen LogP contribution in [0.15, 0.2) is 35.6 Å². The minimum Gasteiger partial charge on any atom is -0.396 e. The number of hydrogen-bond acceptors (Lipinski definition) is 2. The van der Waals surface area contributed by atoms with Crippen LogP contribution in [0, 0.1) is 11.8 Å². The summed E-state index contributed by atoms with van der Waals surface area (Å²) in [5.41, 5.74) is 6.41. The van der Waals surface area contributed by atoms with Crippen LogP contribution in [0.1, 0.15) is 20.3 Å². The summed E-state index contributed by atoms with van der Waals surface area (Å²) in [6, 6.07) is 0. The monoisotopic (exact) mass is 189 g/mol. The average Bonchev–Trinajstić information content (AvgIpc) is 2.18. The normalized spacial score (nSPS) is 12.4. The molecule has 2 N–H and O–H groups in total. The minimum atomic E-state index is 0.202. The Bertz CT molecular complexity index is 324. The molecule has 0 aromatic heterocycles. The van der Waals surface area contributed by atoms with Gasteiger partial charge >= 0.3 is 0 Å². The van der Waals surface area contributed by atoms with Crippen molar-refractivity contribution in [2.45, 2.75) is 20.3 Å². The number of allylic oxidation sites excluding steroid dienone is 6. The molecule has 0 heterocycles. The maximum absolute atomic E-state index is 10.3. The van der Waals surface area contributed by atoms with Gasteiger partial charge in [0.05, 0.1) is 5.70 Å². The Labute approximate surface area is 85.2 Å². The lowest BCUT2D eigenvalue weighted by molar-refractivity contribution is -0.104. The highest BCUT2D eigenvalue weighted by atomic mass is 16.1. The van der Waals surface area contributed by atoms with Gasteiger partial charge in [-0.2, -0.15) is 0 Å². The van der Waals surface area contributed by atoms with E-state index in [2.05, 4.69) is 11.8 Å². The largest absolute Gasteiger partial charge is 0.396 e. The average molecular weight is 189 g/mol. The Balaban J connectivity index is 4.76. The summed E-state index contributed by atoms with van der Waals surface area (Å²) < 4.78 is 0. The second-order valence-electron chi connectivity index (χ2n) is 2.58. The van der Waals surface area contributed by atoms with Crippen LogP contribution in [-0.4, -0.2) is 6.29 Å². The van der Waals surface area contributed by atoms with Crippen LogP contribution in [0.4, 0.5) is 0 Å². The van der Waals surface area contributed by atoms with Crippen molar-refractivity contribution < 1.29 is 4.79 Å². The van der Waals surface area contributed by atoms with Crippen molar-refractivity contribution >= 4 is 6.29 Å². The van der Waals surface area contributed by atoms with E-state index < -0.39 is 0 Å². The molecular weight excluding hydrogens is 174 g/mol. The summed E-state index contributed by atoms with van der Waals surface area (Å²) in [7, 11) is 0. The van der Waals surface area contributed by atoms with Gasteiger partial charge < -0.3 is 5.73 Å². The highest BCUT2D eigenvalue weighted by molar-refractivity contribution is 5.73. The quantitative estimate of drug-likeness (QED) is 0.319. The molecule has 0 rings (SSSR count). The predicted octanol–water partition coefficient (Wildman–Crippen LogP) is 1.94. The van der Waals surface area contributed by atoms with Gasteiger partial charge in [-0.05, 0) is 24.6 Å². The zero-order valence-electron chi connectivity index (χ0n) is 8.58. The molecule has 0 aromatic rings. The van der Waals surface area contributed by atoms with E-state index in [1.807, 2.05) is 26.0 Å². The lowest BCUT2D eigenvalue weighted by Gasteiger charge is -1.91. The molecule has 0 saturated carbocycles. The van der Waals surface area contributed by atoms with Crippen LogP contribution < -0.4 is 5.73 Å². The molecule has 0 aliphatic heterocycles. The van der Waals surface area contributed by atoms with Crippen LogP contribution in [0.25, 0.3) is 0 Å². The van der Waals surface area contributed by atoms with Crippen LogP contribution in [0.2, 0.25) is 0 Å². The third-order valence-corrected chi connectivity index (χ3v) is 1.35.